The lowest BCUT2D eigenvalue weighted by atomic mass is 9.79. The number of rotatable bonds is 21. The molecular formula is C76H101N3O10. The Kier molecular flexibility index (Phi) is 22.4. The molecule has 0 saturated carbocycles. The van der Waals surface area contributed by atoms with Gasteiger partial charge in [-0.2, -0.15) is 0 Å². The van der Waals surface area contributed by atoms with Crippen LogP contribution in [0.15, 0.2) is 84.9 Å². The smallest absolute Gasteiger partial charge is 0.341 e. The Labute approximate surface area is 531 Å². The van der Waals surface area contributed by atoms with Crippen molar-refractivity contribution in [3.63, 3.8) is 0 Å². The summed E-state index contributed by atoms with van der Waals surface area (Å²) in [7, 11) is 1.37. The Morgan fingerprint density at radius 3 is 0.888 bits per heavy atom. The summed E-state index contributed by atoms with van der Waals surface area (Å²) in [6, 6.07) is 29.3. The molecule has 6 aromatic carbocycles. The van der Waals surface area contributed by atoms with Gasteiger partial charge in [0.25, 0.3) is 17.7 Å². The van der Waals surface area contributed by atoms with Gasteiger partial charge in [0, 0.05) is 65.0 Å². The van der Waals surface area contributed by atoms with Gasteiger partial charge in [-0.25, -0.2) is 4.79 Å². The number of hydrogen-bond acceptors (Lipinski definition) is 10. The van der Waals surface area contributed by atoms with Crippen LogP contribution in [0.1, 0.15) is 202 Å². The van der Waals surface area contributed by atoms with Crippen LogP contribution in [0.3, 0.4) is 0 Å². The van der Waals surface area contributed by atoms with E-state index in [0.717, 1.165) is 77.5 Å². The van der Waals surface area contributed by atoms with Gasteiger partial charge < -0.3 is 43.1 Å². The highest BCUT2D eigenvalue weighted by molar-refractivity contribution is 5.98. The molecule has 0 aliphatic heterocycles. The van der Waals surface area contributed by atoms with E-state index in [4.69, 9.17) is 28.4 Å². The molecule has 8 bridgehead atoms. The summed E-state index contributed by atoms with van der Waals surface area (Å²) < 4.78 is 40.2. The molecule has 7 rings (SSSR count). The molecule has 0 N–H and O–H groups in total. The second kappa shape index (κ2) is 29.0. The van der Waals surface area contributed by atoms with Crippen molar-refractivity contribution in [2.24, 2.45) is 0 Å². The van der Waals surface area contributed by atoms with Gasteiger partial charge in [-0.3, -0.25) is 14.4 Å². The summed E-state index contributed by atoms with van der Waals surface area (Å²) in [5, 5.41) is 1.80. The fourth-order valence-corrected chi connectivity index (χ4v) is 11.7. The molecule has 0 unspecified atom stereocenters. The molecule has 3 amide bonds. The minimum absolute atomic E-state index is 0.0818. The van der Waals surface area contributed by atoms with Crippen molar-refractivity contribution in [3.8, 4) is 28.7 Å². The number of carbonyl (C=O) groups excluding carboxylic acids is 4. The molecular weight excluding hydrogens is 1110 g/mol. The first-order valence-corrected chi connectivity index (χ1v) is 32.2. The molecule has 6 aromatic rings. The number of esters is 1. The fraction of sp³-hybridized carbons (Fsp3) is 0.500. The van der Waals surface area contributed by atoms with Crippen molar-refractivity contribution in [3.05, 3.63) is 157 Å². The Bertz CT molecular complexity index is 3360. The van der Waals surface area contributed by atoms with Crippen molar-refractivity contribution in [2.45, 2.75) is 172 Å². The van der Waals surface area contributed by atoms with Crippen molar-refractivity contribution in [2.75, 3.05) is 79.4 Å². The van der Waals surface area contributed by atoms with E-state index in [-0.39, 0.29) is 72.4 Å². The first-order valence-electron chi connectivity index (χ1n) is 32.2. The number of nitrogens with zero attached hydrogens (tertiary/aromatic N) is 3. The van der Waals surface area contributed by atoms with E-state index in [1.54, 1.807) is 20.8 Å². The number of likely N-dealkylation sites (N-methyl/N-ethyl adjacent to an activating group) is 3. The van der Waals surface area contributed by atoms with E-state index < -0.39 is 5.97 Å². The van der Waals surface area contributed by atoms with E-state index in [0.29, 0.717) is 99.3 Å². The molecule has 0 saturated heterocycles. The third-order valence-corrected chi connectivity index (χ3v) is 17.2. The minimum Gasteiger partial charge on any atom is -0.489 e. The molecule has 13 heteroatoms. The molecule has 13 nitrogen and oxygen atoms in total. The average Bonchev–Trinajstić information content (AvgIpc) is 0.818. The molecule has 480 valence electrons. The standard InChI is InChI=1S/C76H101N3O10/c1-20-77(21-2)65(80)46-87-69-53-32-51-36-59(73(7,8)9)37-52(68(51)86-31-30-85-64-45-50-29-27-26-28-49(50)44-63(64)72(83)84-19)33-54-39-61(75(13,14)15)41-56(70(54)88-47-66(81)78(22-3)23-4)35-58-43-62(76(16,17)18)42-57(34-55(69)40-60(38-53)74(10,11)12)71(58)89-48-67(82)79(24-5)25-6/h26-29,36-45H,20-25,30-35,46-48H2,1-19H3. The quantitative estimate of drug-likeness (QED) is 0.0506. The van der Waals surface area contributed by atoms with E-state index >= 15 is 0 Å². The minimum atomic E-state index is -0.507. The zero-order valence-electron chi connectivity index (χ0n) is 57.1. The van der Waals surface area contributed by atoms with Crippen LogP contribution < -0.4 is 23.7 Å². The SMILES string of the molecule is CCN(CC)C(=O)COc1c2cc(C(C)(C)C)cc1Cc1cc(C(C)(C)C)cc(c1OCC(=O)N(CC)CC)Cc1cc(C(C)(C)C)cc(c1OCC(=O)N(CC)CC)Cc1cc(C(C)(C)C)cc(c1OCCOc1cc3ccccc3cc1C(=O)OC)C2. The molecule has 0 aromatic heterocycles. The Morgan fingerprint density at radius 1 is 0.371 bits per heavy atom. The highest BCUT2D eigenvalue weighted by Gasteiger charge is 2.31. The van der Waals surface area contributed by atoms with Gasteiger partial charge in [0.05, 0.1) is 7.11 Å². The monoisotopic (exact) mass is 1220 g/mol. The summed E-state index contributed by atoms with van der Waals surface area (Å²) in [4.78, 5) is 61.3. The highest BCUT2D eigenvalue weighted by Crippen LogP contribution is 2.45. The molecule has 0 fully saturated rings. The summed E-state index contributed by atoms with van der Waals surface area (Å²) in [6.07, 6.45) is 1.31. The van der Waals surface area contributed by atoms with E-state index in [9.17, 15) is 19.2 Å². The van der Waals surface area contributed by atoms with E-state index in [2.05, 4.69) is 132 Å². The third-order valence-electron chi connectivity index (χ3n) is 17.2. The van der Waals surface area contributed by atoms with Gasteiger partial charge in [0.1, 0.15) is 47.5 Å². The zero-order chi connectivity index (χ0) is 65.3. The first kappa shape index (κ1) is 68.9. The second-order valence-electron chi connectivity index (χ2n) is 27.6. The van der Waals surface area contributed by atoms with Crippen molar-refractivity contribution in [1.29, 1.82) is 0 Å². The number of carbonyl (C=O) groups is 4. The maximum atomic E-state index is 14.2. The van der Waals surface area contributed by atoms with Gasteiger partial charge in [0.2, 0.25) is 0 Å². The Morgan fingerprint density at radius 2 is 0.629 bits per heavy atom. The Balaban J connectivity index is 1.59. The predicted octanol–water partition coefficient (Wildman–Crippen LogP) is 14.7. The van der Waals surface area contributed by atoms with Gasteiger partial charge in [0.15, 0.2) is 19.8 Å². The van der Waals surface area contributed by atoms with Crippen LogP contribution in [0.2, 0.25) is 0 Å². The highest BCUT2D eigenvalue weighted by atomic mass is 16.5. The number of ether oxygens (including phenoxy) is 6. The number of benzene rings is 6. The van der Waals surface area contributed by atoms with E-state index in [1.807, 2.05) is 71.9 Å². The van der Waals surface area contributed by atoms with Crippen LogP contribution in [0.5, 0.6) is 28.7 Å². The van der Waals surface area contributed by atoms with Gasteiger partial charge in [-0.15, -0.1) is 0 Å². The topological polar surface area (TPSA) is 133 Å². The molecule has 0 radical (unpaired) electrons. The first-order chi connectivity index (χ1) is 42.0. The molecule has 1 aliphatic rings. The lowest BCUT2D eigenvalue weighted by Gasteiger charge is -2.29. The zero-order valence-corrected chi connectivity index (χ0v) is 57.1. The molecule has 0 heterocycles. The van der Waals surface area contributed by atoms with Crippen LogP contribution in [0, 0.1) is 0 Å². The van der Waals surface area contributed by atoms with Crippen LogP contribution in [0.25, 0.3) is 10.8 Å². The molecule has 89 heavy (non-hydrogen) atoms. The largest absolute Gasteiger partial charge is 0.489 e. The lowest BCUT2D eigenvalue weighted by molar-refractivity contribution is -0.133. The van der Waals surface area contributed by atoms with Crippen molar-refractivity contribution < 1.29 is 47.6 Å². The van der Waals surface area contributed by atoms with E-state index in [1.165, 1.54) is 7.11 Å². The lowest BCUT2D eigenvalue weighted by Crippen LogP contribution is -2.35. The van der Waals surface area contributed by atoms with Crippen LogP contribution in [-0.4, -0.2) is 118 Å². The van der Waals surface area contributed by atoms with Crippen LogP contribution in [0.4, 0.5) is 0 Å². The maximum Gasteiger partial charge on any atom is 0.341 e. The predicted molar refractivity (Wildman–Crippen MR) is 358 cm³/mol. The maximum absolute atomic E-state index is 14.2. The number of hydrogen-bond donors (Lipinski definition) is 0. The number of fused-ring (bicyclic) bond motifs is 9. The summed E-state index contributed by atoms with van der Waals surface area (Å²) >= 11 is 0. The number of methoxy groups -OCH3 is 1. The van der Waals surface area contributed by atoms with Crippen molar-refractivity contribution in [1.82, 2.24) is 14.7 Å². The summed E-state index contributed by atoms with van der Waals surface area (Å²) in [5.74, 6) is 1.93. The van der Waals surface area contributed by atoms with Gasteiger partial charge in [-0.1, -0.05) is 156 Å². The summed E-state index contributed by atoms with van der Waals surface area (Å²) in [6.45, 7) is 41.2. The molecule has 1 aliphatic carbocycles. The fourth-order valence-electron chi connectivity index (χ4n) is 11.7. The average molecular weight is 1220 g/mol. The third kappa shape index (κ3) is 16.8. The molecule has 0 atom stereocenters. The summed E-state index contributed by atoms with van der Waals surface area (Å²) in [5.41, 5.74) is 10.2. The van der Waals surface area contributed by atoms with Gasteiger partial charge in [-0.05, 0) is 153 Å². The number of amides is 3. The van der Waals surface area contributed by atoms with Crippen molar-refractivity contribution >= 4 is 34.5 Å². The van der Waals surface area contributed by atoms with Gasteiger partial charge >= 0.3 is 5.97 Å². The second-order valence-corrected chi connectivity index (χ2v) is 27.6. The van der Waals surface area contributed by atoms with Crippen LogP contribution in [-0.2, 0) is 66.5 Å². The van der Waals surface area contributed by atoms with Crippen LogP contribution >= 0.6 is 0 Å². The normalized spacial score (nSPS) is 12.7. The Hall–Kier alpha value is -7.54. The molecule has 0 spiro atoms.